The fourth-order valence-corrected chi connectivity index (χ4v) is 2.49. The summed E-state index contributed by atoms with van der Waals surface area (Å²) in [6, 6.07) is 0. The van der Waals surface area contributed by atoms with Crippen molar-refractivity contribution in [3.63, 3.8) is 0 Å². The third-order valence-corrected chi connectivity index (χ3v) is 3.80. The van der Waals surface area contributed by atoms with Crippen LogP contribution >= 0.6 is 0 Å². The van der Waals surface area contributed by atoms with E-state index in [1.165, 1.54) is 25.7 Å². The van der Waals surface area contributed by atoms with Crippen LogP contribution in [0.1, 0.15) is 65.2 Å². The molecule has 0 amide bonds. The number of hydrogen-bond acceptors (Lipinski definition) is 3. The average Bonchev–Trinajstić information content (AvgIpc) is 2.32. The molecule has 0 saturated heterocycles. The Kier molecular flexibility index (Phi) is 12.2. The molecule has 1 N–H and O–H groups in total. The zero-order valence-electron chi connectivity index (χ0n) is 12.2. The number of unbranched alkanes of at least 4 members (excludes halogenated alkanes) is 3. The lowest BCUT2D eigenvalue weighted by Crippen LogP contribution is -2.23. The lowest BCUT2D eigenvalue weighted by Gasteiger charge is -2.21. The molecule has 3 unspecified atom stereocenters. The zero-order valence-corrected chi connectivity index (χ0v) is 13.0. The van der Waals surface area contributed by atoms with Crippen LogP contribution in [0, 0.1) is 0 Å². The Hall–Kier alpha value is 0.0700. The molecule has 0 aliphatic heterocycles. The Morgan fingerprint density at radius 2 is 1.78 bits per heavy atom. The Bertz CT molecular complexity index is 209. The van der Waals surface area contributed by atoms with E-state index in [2.05, 4.69) is 13.8 Å². The van der Waals surface area contributed by atoms with Gasteiger partial charge in [-0.3, -0.25) is 4.21 Å². The van der Waals surface area contributed by atoms with E-state index >= 15 is 0 Å². The van der Waals surface area contributed by atoms with E-state index in [4.69, 9.17) is 4.74 Å². The van der Waals surface area contributed by atoms with Crippen molar-refractivity contribution in [3.05, 3.63) is 0 Å². The van der Waals surface area contributed by atoms with Crippen LogP contribution in [-0.2, 0) is 15.5 Å². The first-order chi connectivity index (χ1) is 8.60. The van der Waals surface area contributed by atoms with Crippen LogP contribution in [0.3, 0.4) is 0 Å². The van der Waals surface area contributed by atoms with Gasteiger partial charge in [-0.15, -0.1) is 0 Å². The quantitative estimate of drug-likeness (QED) is 0.440. The highest BCUT2D eigenvalue weighted by Gasteiger charge is 2.14. The molecular weight excluding hydrogens is 248 g/mol. The summed E-state index contributed by atoms with van der Waals surface area (Å²) in [4.78, 5) is 0. The van der Waals surface area contributed by atoms with E-state index in [1.807, 2.05) is 0 Å². The van der Waals surface area contributed by atoms with Crippen LogP contribution in [0.15, 0.2) is 0 Å². The summed E-state index contributed by atoms with van der Waals surface area (Å²) in [7, 11) is -0.853. The van der Waals surface area contributed by atoms with Gasteiger partial charge in [-0.1, -0.05) is 46.0 Å². The van der Waals surface area contributed by atoms with E-state index in [1.54, 1.807) is 6.26 Å². The van der Waals surface area contributed by atoms with E-state index in [-0.39, 0.29) is 6.10 Å². The monoisotopic (exact) mass is 278 g/mol. The molecule has 0 aliphatic rings. The molecule has 0 saturated carbocycles. The first kappa shape index (κ1) is 18.1. The Labute approximate surface area is 115 Å². The molecule has 0 aromatic rings. The van der Waals surface area contributed by atoms with E-state index < -0.39 is 17.1 Å². The minimum absolute atomic E-state index is 0.159. The number of rotatable bonds is 12. The number of ether oxygens (including phenoxy) is 1. The van der Waals surface area contributed by atoms with Crippen molar-refractivity contribution in [1.82, 2.24) is 0 Å². The van der Waals surface area contributed by atoms with Gasteiger partial charge in [0.15, 0.2) is 6.29 Å². The van der Waals surface area contributed by atoms with E-state index in [9.17, 15) is 9.32 Å². The van der Waals surface area contributed by atoms with E-state index in [0.717, 1.165) is 19.3 Å². The summed E-state index contributed by atoms with van der Waals surface area (Å²) >= 11 is 0. The van der Waals surface area contributed by atoms with Crippen molar-refractivity contribution in [2.45, 2.75) is 77.6 Å². The molecule has 0 heterocycles. The maximum Gasteiger partial charge on any atom is 0.155 e. The minimum atomic E-state index is -0.853. The van der Waals surface area contributed by atoms with Gasteiger partial charge in [0.1, 0.15) is 0 Å². The highest BCUT2D eigenvalue weighted by Crippen LogP contribution is 2.15. The van der Waals surface area contributed by atoms with Crippen molar-refractivity contribution >= 4 is 10.8 Å². The van der Waals surface area contributed by atoms with Gasteiger partial charge < -0.3 is 9.84 Å². The van der Waals surface area contributed by atoms with Gasteiger partial charge in [-0.25, -0.2) is 0 Å². The van der Waals surface area contributed by atoms with Gasteiger partial charge in [0.05, 0.1) is 6.10 Å². The molecule has 0 aromatic heterocycles. The fourth-order valence-electron chi connectivity index (χ4n) is 1.96. The third kappa shape index (κ3) is 11.2. The summed E-state index contributed by atoms with van der Waals surface area (Å²) in [6.45, 7) is 4.34. The molecule has 4 heteroatoms. The molecule has 0 aromatic carbocycles. The van der Waals surface area contributed by atoms with Gasteiger partial charge in [0.25, 0.3) is 0 Å². The molecule has 0 spiro atoms. The number of hydrogen-bond donors (Lipinski definition) is 1. The Morgan fingerprint density at radius 3 is 2.33 bits per heavy atom. The van der Waals surface area contributed by atoms with Crippen LogP contribution in [0.25, 0.3) is 0 Å². The molecule has 0 bridgehead atoms. The summed E-state index contributed by atoms with van der Waals surface area (Å²) in [5, 5.41) is 9.74. The van der Waals surface area contributed by atoms with Crippen molar-refractivity contribution in [3.8, 4) is 0 Å². The molecular formula is C14H30O3S. The first-order valence-corrected chi connectivity index (χ1v) is 8.96. The highest BCUT2D eigenvalue weighted by atomic mass is 32.2. The smallest absolute Gasteiger partial charge is 0.155 e. The molecule has 18 heavy (non-hydrogen) atoms. The lowest BCUT2D eigenvalue weighted by atomic mass is 10.1. The first-order valence-electron chi connectivity index (χ1n) is 7.23. The predicted octanol–water partition coefficient (Wildman–Crippen LogP) is 3.23. The largest absolute Gasteiger partial charge is 0.368 e. The fraction of sp³-hybridized carbons (Fsp3) is 1.00. The zero-order chi connectivity index (χ0) is 13.8. The molecule has 0 aliphatic carbocycles. The second-order valence-corrected chi connectivity index (χ2v) is 6.47. The lowest BCUT2D eigenvalue weighted by molar-refractivity contribution is -0.140. The van der Waals surface area contributed by atoms with Crippen molar-refractivity contribution in [2.24, 2.45) is 0 Å². The summed E-state index contributed by atoms with van der Waals surface area (Å²) < 4.78 is 16.6. The van der Waals surface area contributed by atoms with Crippen LogP contribution in [0.5, 0.6) is 0 Å². The topological polar surface area (TPSA) is 46.5 Å². The van der Waals surface area contributed by atoms with Crippen LogP contribution in [0.4, 0.5) is 0 Å². The minimum Gasteiger partial charge on any atom is -0.368 e. The average molecular weight is 278 g/mol. The van der Waals surface area contributed by atoms with Crippen molar-refractivity contribution < 1.29 is 14.1 Å². The molecule has 0 rings (SSSR count). The molecule has 0 fully saturated rings. The second-order valence-electron chi connectivity index (χ2n) is 4.92. The highest BCUT2D eigenvalue weighted by molar-refractivity contribution is 7.84. The van der Waals surface area contributed by atoms with Crippen LogP contribution in [0.2, 0.25) is 0 Å². The van der Waals surface area contributed by atoms with Gasteiger partial charge in [-0.2, -0.15) is 0 Å². The summed E-state index contributed by atoms with van der Waals surface area (Å²) in [6.07, 6.45) is 9.56. The number of aliphatic hydroxyl groups excluding tert-OH is 1. The SMILES string of the molecule is CCCCCCC(CCC)OC(O)CCS(C)=O. The van der Waals surface area contributed by atoms with Gasteiger partial charge in [0.2, 0.25) is 0 Å². The van der Waals surface area contributed by atoms with Crippen LogP contribution in [-0.4, -0.2) is 33.7 Å². The maximum atomic E-state index is 10.9. The summed E-state index contributed by atoms with van der Waals surface area (Å²) in [5.41, 5.74) is 0. The molecule has 110 valence electrons. The Morgan fingerprint density at radius 1 is 1.06 bits per heavy atom. The Balaban J connectivity index is 3.82. The molecule has 3 nitrogen and oxygen atoms in total. The van der Waals surface area contributed by atoms with E-state index in [0.29, 0.717) is 12.2 Å². The van der Waals surface area contributed by atoms with Gasteiger partial charge in [-0.05, 0) is 12.8 Å². The van der Waals surface area contributed by atoms with Crippen molar-refractivity contribution in [1.29, 1.82) is 0 Å². The van der Waals surface area contributed by atoms with Gasteiger partial charge in [0, 0.05) is 29.2 Å². The number of aliphatic hydroxyl groups is 1. The third-order valence-electron chi connectivity index (χ3n) is 2.99. The van der Waals surface area contributed by atoms with Crippen LogP contribution < -0.4 is 0 Å². The van der Waals surface area contributed by atoms with Gasteiger partial charge >= 0.3 is 0 Å². The summed E-state index contributed by atoms with van der Waals surface area (Å²) in [5.74, 6) is 0.510. The predicted molar refractivity (Wildman–Crippen MR) is 78.1 cm³/mol. The molecule has 0 radical (unpaired) electrons. The van der Waals surface area contributed by atoms with Crippen molar-refractivity contribution in [2.75, 3.05) is 12.0 Å². The second kappa shape index (κ2) is 12.1. The normalized spacial score (nSPS) is 16.4. The maximum absolute atomic E-state index is 10.9. The standard InChI is InChI=1S/C14H30O3S/c1-4-6-7-8-10-13(9-5-2)17-14(15)11-12-18(3)16/h13-15H,4-12H2,1-3H3. The molecule has 3 atom stereocenters.